The van der Waals surface area contributed by atoms with Crippen LogP contribution in [0.5, 0.6) is 0 Å². The maximum atomic E-state index is 12.6. The molecule has 1 aliphatic rings. The summed E-state index contributed by atoms with van der Waals surface area (Å²) in [6.45, 7) is 0.702. The van der Waals surface area contributed by atoms with Crippen molar-refractivity contribution in [1.29, 1.82) is 0 Å². The summed E-state index contributed by atoms with van der Waals surface area (Å²) in [4.78, 5) is 8.52. The normalized spacial score (nSPS) is 16.8. The van der Waals surface area contributed by atoms with Crippen LogP contribution in [-0.2, 0) is 6.18 Å². The summed E-state index contributed by atoms with van der Waals surface area (Å²) in [7, 11) is 1.74. The van der Waals surface area contributed by atoms with Gasteiger partial charge in [-0.3, -0.25) is 0 Å². The van der Waals surface area contributed by atoms with Gasteiger partial charge in [0.15, 0.2) is 0 Å². The Kier molecular flexibility index (Phi) is 3.82. The molecule has 1 heterocycles. The highest BCUT2D eigenvalue weighted by atomic mass is 19.4. The van der Waals surface area contributed by atoms with Gasteiger partial charge in [-0.25, -0.2) is 9.97 Å². The van der Waals surface area contributed by atoms with Gasteiger partial charge in [0, 0.05) is 19.7 Å². The molecule has 2 rings (SSSR count). The molecule has 0 atom stereocenters. The number of aromatic nitrogens is 2. The predicted octanol–water partition coefficient (Wildman–Crippen LogP) is 2.70. The molecule has 1 saturated carbocycles. The molecule has 1 aromatic heterocycles. The number of alkyl halides is 3. The van der Waals surface area contributed by atoms with Crippen LogP contribution >= 0.6 is 0 Å². The second-order valence-electron chi connectivity index (χ2n) is 5.00. The predicted molar refractivity (Wildman–Crippen MR) is 66.7 cm³/mol. The molecule has 2 N–H and O–H groups in total. The van der Waals surface area contributed by atoms with Gasteiger partial charge in [0.25, 0.3) is 0 Å². The highest BCUT2D eigenvalue weighted by molar-refractivity contribution is 5.46. The number of hydrogen-bond acceptors (Lipinski definition) is 4. The first-order chi connectivity index (χ1) is 8.86. The highest BCUT2D eigenvalue weighted by Crippen LogP contribution is 2.30. The maximum absolute atomic E-state index is 12.6. The van der Waals surface area contributed by atoms with Gasteiger partial charge in [0.05, 0.1) is 0 Å². The first-order valence-electron chi connectivity index (χ1n) is 6.29. The van der Waals surface area contributed by atoms with Crippen molar-refractivity contribution in [3.63, 3.8) is 0 Å². The fourth-order valence-corrected chi connectivity index (χ4v) is 2.45. The van der Waals surface area contributed by atoms with E-state index in [0.29, 0.717) is 12.5 Å². The van der Waals surface area contributed by atoms with Gasteiger partial charge in [0.1, 0.15) is 11.6 Å². The van der Waals surface area contributed by atoms with Crippen LogP contribution in [0.25, 0.3) is 0 Å². The molecule has 1 fully saturated rings. The Labute approximate surface area is 109 Å². The highest BCUT2D eigenvalue weighted by Gasteiger charge is 2.35. The summed E-state index contributed by atoms with van der Waals surface area (Å²) in [6.07, 6.45) is 0.0584. The standard InChI is InChI=1S/C12H17F3N4/c1-19(7-8-4-2-3-5-8)10-6-9(16)17-11(18-10)12(13,14)15/h6,8H,2-5,7H2,1H3,(H2,16,17,18). The van der Waals surface area contributed by atoms with Gasteiger partial charge in [-0.15, -0.1) is 0 Å². The number of hydrogen-bond donors (Lipinski definition) is 1. The van der Waals surface area contributed by atoms with Crippen molar-refractivity contribution in [3.05, 3.63) is 11.9 Å². The smallest absolute Gasteiger partial charge is 0.384 e. The Morgan fingerprint density at radius 2 is 1.95 bits per heavy atom. The molecule has 0 radical (unpaired) electrons. The number of rotatable bonds is 3. The Balaban J connectivity index is 2.16. The van der Waals surface area contributed by atoms with E-state index in [9.17, 15) is 13.2 Å². The average Bonchev–Trinajstić information content (AvgIpc) is 2.79. The van der Waals surface area contributed by atoms with Crippen molar-refractivity contribution >= 4 is 11.6 Å². The van der Waals surface area contributed by atoms with E-state index < -0.39 is 12.0 Å². The third-order valence-electron chi connectivity index (χ3n) is 3.38. The lowest BCUT2D eigenvalue weighted by Crippen LogP contribution is -2.26. The van der Waals surface area contributed by atoms with E-state index in [0.717, 1.165) is 12.8 Å². The zero-order valence-corrected chi connectivity index (χ0v) is 10.7. The molecule has 0 bridgehead atoms. The van der Waals surface area contributed by atoms with Gasteiger partial charge in [-0.2, -0.15) is 13.2 Å². The van der Waals surface area contributed by atoms with Crippen LogP contribution in [0.1, 0.15) is 31.5 Å². The van der Waals surface area contributed by atoms with Crippen molar-refractivity contribution in [2.24, 2.45) is 5.92 Å². The van der Waals surface area contributed by atoms with E-state index in [2.05, 4.69) is 9.97 Å². The number of anilines is 2. The van der Waals surface area contributed by atoms with Gasteiger partial charge in [-0.05, 0) is 18.8 Å². The molecule has 4 nitrogen and oxygen atoms in total. The van der Waals surface area contributed by atoms with E-state index in [1.807, 2.05) is 0 Å². The number of nitrogen functional groups attached to an aromatic ring is 1. The molecule has 0 aliphatic heterocycles. The molecular formula is C12H17F3N4. The fourth-order valence-electron chi connectivity index (χ4n) is 2.45. The lowest BCUT2D eigenvalue weighted by atomic mass is 10.1. The van der Waals surface area contributed by atoms with Gasteiger partial charge >= 0.3 is 6.18 Å². The second-order valence-corrected chi connectivity index (χ2v) is 5.00. The number of nitrogens with two attached hydrogens (primary N) is 1. The van der Waals surface area contributed by atoms with E-state index in [-0.39, 0.29) is 11.6 Å². The second kappa shape index (κ2) is 5.22. The third-order valence-corrected chi connectivity index (χ3v) is 3.38. The summed E-state index contributed by atoms with van der Waals surface area (Å²) < 4.78 is 37.9. The first kappa shape index (κ1) is 13.9. The van der Waals surface area contributed by atoms with Crippen LogP contribution in [0.15, 0.2) is 6.07 Å². The van der Waals surface area contributed by atoms with Crippen molar-refractivity contribution in [2.45, 2.75) is 31.9 Å². The average molecular weight is 274 g/mol. The van der Waals surface area contributed by atoms with Crippen LogP contribution in [0.4, 0.5) is 24.8 Å². The SMILES string of the molecule is CN(CC1CCCC1)c1cc(N)nc(C(F)(F)F)n1. The molecule has 0 saturated heterocycles. The summed E-state index contributed by atoms with van der Waals surface area (Å²) >= 11 is 0. The molecule has 7 heteroatoms. The molecule has 0 aromatic carbocycles. The molecule has 0 unspecified atom stereocenters. The van der Waals surface area contributed by atoms with Crippen LogP contribution in [0.3, 0.4) is 0 Å². The molecule has 0 spiro atoms. The summed E-state index contributed by atoms with van der Waals surface area (Å²) in [6, 6.07) is 1.38. The zero-order chi connectivity index (χ0) is 14.0. The van der Waals surface area contributed by atoms with Crippen LogP contribution in [0.2, 0.25) is 0 Å². The van der Waals surface area contributed by atoms with Crippen molar-refractivity contribution in [1.82, 2.24) is 9.97 Å². The Bertz CT molecular complexity index is 441. The summed E-state index contributed by atoms with van der Waals surface area (Å²) in [5.74, 6) is -0.585. The Morgan fingerprint density at radius 3 is 2.53 bits per heavy atom. The van der Waals surface area contributed by atoms with Crippen molar-refractivity contribution < 1.29 is 13.2 Å². The van der Waals surface area contributed by atoms with E-state index in [1.54, 1.807) is 11.9 Å². The summed E-state index contributed by atoms with van der Waals surface area (Å²) in [5, 5.41) is 0. The summed E-state index contributed by atoms with van der Waals surface area (Å²) in [5.41, 5.74) is 5.42. The topological polar surface area (TPSA) is 55.0 Å². The molecule has 106 valence electrons. The zero-order valence-electron chi connectivity index (χ0n) is 10.7. The van der Waals surface area contributed by atoms with Crippen LogP contribution < -0.4 is 10.6 Å². The lowest BCUT2D eigenvalue weighted by molar-refractivity contribution is -0.144. The van der Waals surface area contributed by atoms with Gasteiger partial charge < -0.3 is 10.6 Å². The molecule has 0 amide bonds. The molecule has 1 aromatic rings. The monoisotopic (exact) mass is 274 g/mol. The van der Waals surface area contributed by atoms with Crippen LogP contribution in [-0.4, -0.2) is 23.6 Å². The minimum atomic E-state index is -4.57. The Hall–Kier alpha value is -1.53. The molecule has 1 aliphatic carbocycles. The quantitative estimate of drug-likeness (QED) is 0.920. The van der Waals surface area contributed by atoms with Gasteiger partial charge in [0.2, 0.25) is 5.82 Å². The van der Waals surface area contributed by atoms with Crippen molar-refractivity contribution in [2.75, 3.05) is 24.2 Å². The number of halogens is 3. The molecule has 19 heavy (non-hydrogen) atoms. The van der Waals surface area contributed by atoms with Crippen molar-refractivity contribution in [3.8, 4) is 0 Å². The Morgan fingerprint density at radius 1 is 1.32 bits per heavy atom. The lowest BCUT2D eigenvalue weighted by Gasteiger charge is -2.22. The van der Waals surface area contributed by atoms with Crippen LogP contribution in [0, 0.1) is 5.92 Å². The minimum Gasteiger partial charge on any atom is -0.384 e. The van der Waals surface area contributed by atoms with E-state index in [1.165, 1.54) is 18.9 Å². The number of nitrogens with zero attached hydrogens (tertiary/aromatic N) is 3. The van der Waals surface area contributed by atoms with E-state index >= 15 is 0 Å². The minimum absolute atomic E-state index is 0.157. The fraction of sp³-hybridized carbons (Fsp3) is 0.667. The van der Waals surface area contributed by atoms with Gasteiger partial charge in [-0.1, -0.05) is 12.8 Å². The largest absolute Gasteiger partial charge is 0.451 e. The molecular weight excluding hydrogens is 257 g/mol. The third kappa shape index (κ3) is 3.48. The maximum Gasteiger partial charge on any atom is 0.451 e. The first-order valence-corrected chi connectivity index (χ1v) is 6.29. The van der Waals surface area contributed by atoms with E-state index in [4.69, 9.17) is 5.73 Å².